The zero-order chi connectivity index (χ0) is 25.9. The molecule has 2 amide bonds. The molecule has 0 aliphatic carbocycles. The van der Waals surface area contributed by atoms with Gasteiger partial charge in [-0.15, -0.1) is 0 Å². The third kappa shape index (κ3) is 5.90. The molecule has 0 unspecified atom stereocenters. The average Bonchev–Trinajstić information content (AvgIpc) is 2.92. The van der Waals surface area contributed by atoms with Crippen LogP contribution in [-0.2, 0) is 9.59 Å². The van der Waals surface area contributed by atoms with Crippen molar-refractivity contribution in [1.82, 2.24) is 29.6 Å². The SMILES string of the molecule is CN1CCN(C(=O)C(Sc2nc(-c3ccccc3)c3cc(Cl)ccc3n2)C(=O)N2CCN(C)CC2)CC1. The van der Waals surface area contributed by atoms with E-state index in [1.807, 2.05) is 66.4 Å². The Morgan fingerprint density at radius 2 is 1.38 bits per heavy atom. The predicted molar refractivity (Wildman–Crippen MR) is 148 cm³/mol. The minimum Gasteiger partial charge on any atom is -0.339 e. The van der Waals surface area contributed by atoms with E-state index in [9.17, 15) is 9.59 Å². The summed E-state index contributed by atoms with van der Waals surface area (Å²) in [4.78, 5) is 45.2. The number of rotatable bonds is 5. The highest BCUT2D eigenvalue weighted by atomic mass is 35.5. The summed E-state index contributed by atoms with van der Waals surface area (Å²) < 4.78 is 0. The van der Waals surface area contributed by atoms with Gasteiger partial charge in [-0.2, -0.15) is 0 Å². The summed E-state index contributed by atoms with van der Waals surface area (Å²) in [6.07, 6.45) is 0. The largest absolute Gasteiger partial charge is 0.339 e. The first-order valence-corrected chi connectivity index (χ1v) is 13.8. The number of hydrogen-bond donors (Lipinski definition) is 0. The second-order valence-electron chi connectivity index (χ2n) is 9.64. The van der Waals surface area contributed by atoms with Gasteiger partial charge in [-0.25, -0.2) is 9.97 Å². The van der Waals surface area contributed by atoms with Crippen LogP contribution in [0.5, 0.6) is 0 Å². The van der Waals surface area contributed by atoms with Crippen LogP contribution in [0.3, 0.4) is 0 Å². The van der Waals surface area contributed by atoms with Crippen LogP contribution in [0.1, 0.15) is 0 Å². The van der Waals surface area contributed by atoms with Crippen LogP contribution in [0.4, 0.5) is 0 Å². The fraction of sp³-hybridized carbons (Fsp3) is 0.407. The number of thioether (sulfide) groups is 1. The van der Waals surface area contributed by atoms with Crippen LogP contribution >= 0.6 is 23.4 Å². The van der Waals surface area contributed by atoms with E-state index in [1.54, 1.807) is 6.07 Å². The van der Waals surface area contributed by atoms with Gasteiger partial charge in [-0.1, -0.05) is 53.7 Å². The monoisotopic (exact) mass is 538 g/mol. The van der Waals surface area contributed by atoms with Gasteiger partial charge in [0.15, 0.2) is 10.4 Å². The smallest absolute Gasteiger partial charge is 0.245 e. The van der Waals surface area contributed by atoms with E-state index in [-0.39, 0.29) is 11.8 Å². The Balaban J connectivity index is 1.51. The van der Waals surface area contributed by atoms with Gasteiger partial charge in [-0.3, -0.25) is 9.59 Å². The van der Waals surface area contributed by atoms with Crippen molar-refractivity contribution in [2.75, 3.05) is 66.5 Å². The number of carbonyl (C=O) groups excluding carboxylic acids is 2. The predicted octanol–water partition coefficient (Wildman–Crippen LogP) is 2.96. The quantitative estimate of drug-likeness (QED) is 0.281. The van der Waals surface area contributed by atoms with E-state index < -0.39 is 5.25 Å². The van der Waals surface area contributed by atoms with Crippen molar-refractivity contribution in [2.24, 2.45) is 0 Å². The molecule has 3 aromatic rings. The summed E-state index contributed by atoms with van der Waals surface area (Å²) >= 11 is 7.47. The molecule has 3 heterocycles. The number of likely N-dealkylation sites (N-methyl/N-ethyl adjacent to an activating group) is 2. The molecular formula is C27H31ClN6O2S. The van der Waals surface area contributed by atoms with E-state index >= 15 is 0 Å². The Morgan fingerprint density at radius 3 is 1.95 bits per heavy atom. The standard InChI is InChI=1S/C27H31ClN6O2S/c1-31-10-14-33(15-11-31)25(35)24(26(36)34-16-12-32(2)13-17-34)37-27-29-22-9-8-20(28)18-21(22)23(30-27)19-6-4-3-5-7-19/h3-9,18,24H,10-17H2,1-2H3. The Bertz CT molecular complexity index is 1240. The molecule has 2 saturated heterocycles. The van der Waals surface area contributed by atoms with Gasteiger partial charge in [0.2, 0.25) is 11.8 Å². The normalized spacial score (nSPS) is 17.5. The van der Waals surface area contributed by atoms with Crippen molar-refractivity contribution in [1.29, 1.82) is 0 Å². The zero-order valence-electron chi connectivity index (χ0n) is 21.1. The van der Waals surface area contributed by atoms with Crippen molar-refractivity contribution >= 4 is 46.1 Å². The summed E-state index contributed by atoms with van der Waals surface area (Å²) in [5.41, 5.74) is 2.37. The fourth-order valence-corrected chi connectivity index (χ4v) is 5.82. The lowest BCUT2D eigenvalue weighted by molar-refractivity contribution is -0.141. The molecule has 2 aromatic carbocycles. The van der Waals surface area contributed by atoms with Gasteiger partial charge < -0.3 is 19.6 Å². The van der Waals surface area contributed by atoms with Gasteiger partial charge in [-0.05, 0) is 32.3 Å². The summed E-state index contributed by atoms with van der Waals surface area (Å²) in [7, 11) is 4.09. The van der Waals surface area contributed by atoms with Crippen molar-refractivity contribution in [3.8, 4) is 11.3 Å². The molecule has 194 valence electrons. The number of benzene rings is 2. The van der Waals surface area contributed by atoms with Gasteiger partial charge in [0.25, 0.3) is 0 Å². The molecule has 2 fully saturated rings. The highest BCUT2D eigenvalue weighted by Gasteiger charge is 2.37. The lowest BCUT2D eigenvalue weighted by Gasteiger charge is -2.37. The first kappa shape index (κ1) is 25.9. The molecule has 1 aromatic heterocycles. The molecule has 0 bridgehead atoms. The lowest BCUT2D eigenvalue weighted by Crippen LogP contribution is -2.55. The van der Waals surface area contributed by atoms with E-state index in [0.717, 1.165) is 60.1 Å². The second-order valence-corrected chi connectivity index (χ2v) is 11.1. The van der Waals surface area contributed by atoms with Crippen LogP contribution in [0.25, 0.3) is 22.2 Å². The zero-order valence-corrected chi connectivity index (χ0v) is 22.7. The van der Waals surface area contributed by atoms with Gasteiger partial charge in [0.05, 0.1) is 11.2 Å². The number of halogens is 1. The maximum atomic E-state index is 13.8. The molecule has 8 nitrogen and oxygen atoms in total. The molecular weight excluding hydrogens is 508 g/mol. The molecule has 37 heavy (non-hydrogen) atoms. The number of fused-ring (bicyclic) bond motifs is 1. The fourth-order valence-electron chi connectivity index (χ4n) is 4.65. The molecule has 0 spiro atoms. The summed E-state index contributed by atoms with van der Waals surface area (Å²) in [5, 5.41) is 0.904. The third-order valence-corrected chi connectivity index (χ3v) is 8.25. The average molecular weight is 539 g/mol. The molecule has 0 saturated carbocycles. The molecule has 0 N–H and O–H groups in total. The molecule has 0 radical (unpaired) electrons. The number of nitrogens with zero attached hydrogens (tertiary/aromatic N) is 6. The number of hydrogen-bond acceptors (Lipinski definition) is 7. The van der Waals surface area contributed by atoms with Gasteiger partial charge in [0.1, 0.15) is 0 Å². The topological polar surface area (TPSA) is 72.9 Å². The van der Waals surface area contributed by atoms with Crippen molar-refractivity contribution < 1.29 is 9.59 Å². The molecule has 2 aliphatic heterocycles. The van der Waals surface area contributed by atoms with Crippen molar-refractivity contribution in [3.05, 3.63) is 53.6 Å². The van der Waals surface area contributed by atoms with Crippen LogP contribution in [0, 0.1) is 0 Å². The Morgan fingerprint density at radius 1 is 0.811 bits per heavy atom. The number of piperazine rings is 2. The third-order valence-electron chi connectivity index (χ3n) is 6.99. The highest BCUT2D eigenvalue weighted by Crippen LogP contribution is 2.32. The van der Waals surface area contributed by atoms with E-state index in [4.69, 9.17) is 21.6 Å². The second kappa shape index (κ2) is 11.3. The number of aromatic nitrogens is 2. The first-order valence-electron chi connectivity index (χ1n) is 12.5. The minimum absolute atomic E-state index is 0.164. The van der Waals surface area contributed by atoms with E-state index in [1.165, 1.54) is 0 Å². The number of carbonyl (C=O) groups is 2. The minimum atomic E-state index is -0.930. The molecule has 0 atom stereocenters. The van der Waals surface area contributed by atoms with Crippen molar-refractivity contribution in [2.45, 2.75) is 10.4 Å². The molecule has 5 rings (SSSR count). The Kier molecular flexibility index (Phi) is 7.95. The van der Waals surface area contributed by atoms with Gasteiger partial charge >= 0.3 is 0 Å². The lowest BCUT2D eigenvalue weighted by atomic mass is 10.1. The highest BCUT2D eigenvalue weighted by molar-refractivity contribution is 8.01. The van der Waals surface area contributed by atoms with Crippen LogP contribution in [0.2, 0.25) is 5.02 Å². The Labute approximate surface area is 226 Å². The molecule has 10 heteroatoms. The number of amides is 2. The Hall–Kier alpha value is -2.72. The van der Waals surface area contributed by atoms with Gasteiger partial charge in [0, 0.05) is 68.3 Å². The summed E-state index contributed by atoms with van der Waals surface area (Å²) in [5.74, 6) is -0.328. The maximum absolute atomic E-state index is 13.8. The summed E-state index contributed by atoms with van der Waals surface area (Å²) in [6.45, 7) is 5.58. The van der Waals surface area contributed by atoms with Crippen LogP contribution in [0.15, 0.2) is 53.7 Å². The van der Waals surface area contributed by atoms with E-state index in [0.29, 0.717) is 36.4 Å². The maximum Gasteiger partial charge on any atom is 0.245 e. The van der Waals surface area contributed by atoms with Crippen LogP contribution in [-0.4, -0.2) is 113 Å². The van der Waals surface area contributed by atoms with E-state index in [2.05, 4.69) is 9.80 Å². The first-order chi connectivity index (χ1) is 17.9. The summed E-state index contributed by atoms with van der Waals surface area (Å²) in [6, 6.07) is 15.3. The van der Waals surface area contributed by atoms with Crippen LogP contribution < -0.4 is 0 Å². The van der Waals surface area contributed by atoms with Crippen molar-refractivity contribution in [3.63, 3.8) is 0 Å². The molecule has 2 aliphatic rings.